The minimum Gasteiger partial charge on any atom is -0.377 e. The summed E-state index contributed by atoms with van der Waals surface area (Å²) in [4.78, 5) is 0. The minimum atomic E-state index is -0.119. The lowest BCUT2D eigenvalue weighted by atomic mass is 9.96. The Morgan fingerprint density at radius 3 is 2.79 bits per heavy atom. The Labute approximate surface area is 116 Å². The molecule has 1 saturated carbocycles. The van der Waals surface area contributed by atoms with E-state index in [-0.39, 0.29) is 5.60 Å². The Morgan fingerprint density at radius 1 is 1.37 bits per heavy atom. The lowest BCUT2D eigenvalue weighted by Gasteiger charge is -2.23. The van der Waals surface area contributed by atoms with Gasteiger partial charge in [-0.1, -0.05) is 19.3 Å². The highest BCUT2D eigenvalue weighted by molar-refractivity contribution is 5.00. The number of ether oxygens (including phenoxy) is 1. The molecule has 0 amide bonds. The second kappa shape index (κ2) is 6.53. The molecule has 0 unspecified atom stereocenters. The van der Waals surface area contributed by atoms with Gasteiger partial charge in [0.05, 0.1) is 17.3 Å². The van der Waals surface area contributed by atoms with E-state index in [1.807, 2.05) is 0 Å². The van der Waals surface area contributed by atoms with Gasteiger partial charge in [0.25, 0.3) is 0 Å². The van der Waals surface area contributed by atoms with Crippen LogP contribution in [0.3, 0.4) is 0 Å². The molecule has 0 aliphatic heterocycles. The standard InChI is InChI=1S/C15H27N3O/c1-15(2,19-3)12-16-11-13-9-10-18(17-13)14-7-5-4-6-8-14/h9-10,14,16H,4-8,11-12H2,1-3H3. The lowest BCUT2D eigenvalue weighted by molar-refractivity contribution is 0.0230. The highest BCUT2D eigenvalue weighted by atomic mass is 16.5. The fraction of sp³-hybridized carbons (Fsp3) is 0.800. The van der Waals surface area contributed by atoms with Gasteiger partial charge in [-0.05, 0) is 32.8 Å². The molecule has 1 fully saturated rings. The zero-order valence-corrected chi connectivity index (χ0v) is 12.5. The highest BCUT2D eigenvalue weighted by Crippen LogP contribution is 2.27. The van der Waals surface area contributed by atoms with Crippen LogP contribution in [0.5, 0.6) is 0 Å². The lowest BCUT2D eigenvalue weighted by Crippen LogP contribution is -2.36. The molecular weight excluding hydrogens is 238 g/mol. The minimum absolute atomic E-state index is 0.119. The van der Waals surface area contributed by atoms with Crippen molar-refractivity contribution in [3.63, 3.8) is 0 Å². The molecule has 0 atom stereocenters. The quantitative estimate of drug-likeness (QED) is 0.859. The number of methoxy groups -OCH3 is 1. The van der Waals surface area contributed by atoms with E-state index < -0.39 is 0 Å². The van der Waals surface area contributed by atoms with E-state index in [2.05, 4.69) is 36.1 Å². The maximum Gasteiger partial charge on any atom is 0.0762 e. The molecule has 108 valence electrons. The van der Waals surface area contributed by atoms with Crippen LogP contribution in [0, 0.1) is 0 Å². The topological polar surface area (TPSA) is 39.1 Å². The second-order valence-corrected chi connectivity index (χ2v) is 6.15. The summed E-state index contributed by atoms with van der Waals surface area (Å²) in [6, 6.07) is 2.75. The van der Waals surface area contributed by atoms with E-state index in [9.17, 15) is 0 Å². The predicted molar refractivity (Wildman–Crippen MR) is 77.1 cm³/mol. The maximum atomic E-state index is 5.39. The molecule has 2 rings (SSSR count). The summed E-state index contributed by atoms with van der Waals surface area (Å²) >= 11 is 0. The third kappa shape index (κ3) is 4.32. The summed E-state index contributed by atoms with van der Waals surface area (Å²) in [5, 5.41) is 8.10. The number of nitrogens with zero attached hydrogens (tertiary/aromatic N) is 2. The molecule has 0 bridgehead atoms. The van der Waals surface area contributed by atoms with Crippen LogP contribution in [-0.2, 0) is 11.3 Å². The van der Waals surface area contributed by atoms with Gasteiger partial charge in [-0.15, -0.1) is 0 Å². The van der Waals surface area contributed by atoms with Gasteiger partial charge in [0.2, 0.25) is 0 Å². The zero-order valence-electron chi connectivity index (χ0n) is 12.5. The molecule has 19 heavy (non-hydrogen) atoms. The number of hydrogen-bond acceptors (Lipinski definition) is 3. The average molecular weight is 265 g/mol. The van der Waals surface area contributed by atoms with Crippen molar-refractivity contribution in [3.05, 3.63) is 18.0 Å². The van der Waals surface area contributed by atoms with Gasteiger partial charge in [0.1, 0.15) is 0 Å². The molecule has 1 aromatic heterocycles. The number of aromatic nitrogens is 2. The van der Waals surface area contributed by atoms with Crippen molar-refractivity contribution in [1.29, 1.82) is 0 Å². The van der Waals surface area contributed by atoms with E-state index in [1.165, 1.54) is 32.1 Å². The van der Waals surface area contributed by atoms with E-state index in [1.54, 1.807) is 7.11 Å². The third-order valence-corrected chi connectivity index (χ3v) is 4.02. The molecule has 0 radical (unpaired) electrons. The van der Waals surface area contributed by atoms with Crippen LogP contribution >= 0.6 is 0 Å². The average Bonchev–Trinajstić information content (AvgIpc) is 2.88. The van der Waals surface area contributed by atoms with Crippen molar-refractivity contribution in [2.45, 2.75) is 64.1 Å². The molecule has 4 nitrogen and oxygen atoms in total. The van der Waals surface area contributed by atoms with Crippen LogP contribution in [0.1, 0.15) is 57.7 Å². The van der Waals surface area contributed by atoms with Crippen molar-refractivity contribution >= 4 is 0 Å². The SMILES string of the molecule is COC(C)(C)CNCc1ccn(C2CCCCC2)n1. The maximum absolute atomic E-state index is 5.39. The van der Waals surface area contributed by atoms with Crippen LogP contribution in [-0.4, -0.2) is 29.0 Å². The van der Waals surface area contributed by atoms with Crippen molar-refractivity contribution in [2.24, 2.45) is 0 Å². The molecule has 0 spiro atoms. The number of rotatable bonds is 6. The van der Waals surface area contributed by atoms with Crippen molar-refractivity contribution in [1.82, 2.24) is 15.1 Å². The summed E-state index contributed by atoms with van der Waals surface area (Å²) in [7, 11) is 1.75. The Kier molecular flexibility index (Phi) is 4.99. The van der Waals surface area contributed by atoms with Crippen LogP contribution in [0.25, 0.3) is 0 Å². The summed E-state index contributed by atoms with van der Waals surface area (Å²) in [6.07, 6.45) is 8.78. The van der Waals surface area contributed by atoms with Gasteiger partial charge in [-0.2, -0.15) is 5.10 Å². The van der Waals surface area contributed by atoms with E-state index in [0.717, 1.165) is 18.8 Å². The fourth-order valence-corrected chi connectivity index (χ4v) is 2.58. The molecule has 1 aromatic rings. The first kappa shape index (κ1) is 14.5. The normalized spacial score (nSPS) is 17.8. The van der Waals surface area contributed by atoms with Gasteiger partial charge < -0.3 is 10.1 Å². The van der Waals surface area contributed by atoms with Crippen LogP contribution in [0.15, 0.2) is 12.3 Å². The Bertz CT molecular complexity index is 380. The summed E-state index contributed by atoms with van der Waals surface area (Å²) in [5.41, 5.74) is 1.00. The number of nitrogens with one attached hydrogen (secondary N) is 1. The Morgan fingerprint density at radius 2 is 2.11 bits per heavy atom. The third-order valence-electron chi connectivity index (χ3n) is 4.02. The van der Waals surface area contributed by atoms with E-state index in [4.69, 9.17) is 9.84 Å². The Hall–Kier alpha value is -0.870. The van der Waals surface area contributed by atoms with Crippen molar-refractivity contribution in [2.75, 3.05) is 13.7 Å². The molecule has 0 aromatic carbocycles. The molecule has 0 saturated heterocycles. The van der Waals surface area contributed by atoms with Gasteiger partial charge >= 0.3 is 0 Å². The highest BCUT2D eigenvalue weighted by Gasteiger charge is 2.17. The summed E-state index contributed by atoms with van der Waals surface area (Å²) in [6.45, 7) is 5.81. The molecule has 1 aliphatic carbocycles. The molecule has 1 N–H and O–H groups in total. The predicted octanol–water partition coefficient (Wildman–Crippen LogP) is 2.90. The second-order valence-electron chi connectivity index (χ2n) is 6.15. The fourth-order valence-electron chi connectivity index (χ4n) is 2.58. The molecule has 1 heterocycles. The summed E-state index contributed by atoms with van der Waals surface area (Å²) in [5.74, 6) is 0. The first-order valence-electron chi connectivity index (χ1n) is 7.41. The molecule has 1 aliphatic rings. The summed E-state index contributed by atoms with van der Waals surface area (Å²) < 4.78 is 7.55. The van der Waals surface area contributed by atoms with Crippen LogP contribution in [0.2, 0.25) is 0 Å². The monoisotopic (exact) mass is 265 g/mol. The van der Waals surface area contributed by atoms with Crippen molar-refractivity contribution < 1.29 is 4.74 Å². The van der Waals surface area contributed by atoms with Gasteiger partial charge in [-0.25, -0.2) is 0 Å². The van der Waals surface area contributed by atoms with Crippen molar-refractivity contribution in [3.8, 4) is 0 Å². The first-order valence-corrected chi connectivity index (χ1v) is 7.41. The Balaban J connectivity index is 1.80. The van der Waals surface area contributed by atoms with Crippen LogP contribution in [0.4, 0.5) is 0 Å². The van der Waals surface area contributed by atoms with Gasteiger partial charge in [0, 0.05) is 26.4 Å². The van der Waals surface area contributed by atoms with E-state index >= 15 is 0 Å². The van der Waals surface area contributed by atoms with Crippen LogP contribution < -0.4 is 5.32 Å². The first-order chi connectivity index (χ1) is 9.11. The van der Waals surface area contributed by atoms with E-state index in [0.29, 0.717) is 6.04 Å². The van der Waals surface area contributed by atoms with Gasteiger partial charge in [0.15, 0.2) is 0 Å². The zero-order chi connectivity index (χ0) is 13.7. The smallest absolute Gasteiger partial charge is 0.0762 e. The molecule has 4 heteroatoms. The number of hydrogen-bond donors (Lipinski definition) is 1. The largest absolute Gasteiger partial charge is 0.377 e. The molecular formula is C15H27N3O. The van der Waals surface area contributed by atoms with Gasteiger partial charge in [-0.3, -0.25) is 4.68 Å².